The zero-order chi connectivity index (χ0) is 13.5. The molecular formula is C16H22N2O. The predicted octanol–water partition coefficient (Wildman–Crippen LogP) is 2.16. The highest BCUT2D eigenvalue weighted by Gasteiger charge is 2.47. The summed E-state index contributed by atoms with van der Waals surface area (Å²) in [4.78, 5) is 16.9. The minimum absolute atomic E-state index is 0.201. The first-order chi connectivity index (χ1) is 9.12. The van der Waals surface area contributed by atoms with Crippen LogP contribution >= 0.6 is 0 Å². The van der Waals surface area contributed by atoms with Gasteiger partial charge in [-0.25, -0.2) is 0 Å². The number of likely N-dealkylation sites (tertiary alicyclic amines) is 2. The van der Waals surface area contributed by atoms with Crippen LogP contribution in [0.2, 0.25) is 0 Å². The van der Waals surface area contributed by atoms with Gasteiger partial charge in [0.15, 0.2) is 0 Å². The zero-order valence-electron chi connectivity index (χ0n) is 11.9. The van der Waals surface area contributed by atoms with E-state index >= 15 is 0 Å². The van der Waals surface area contributed by atoms with Crippen LogP contribution in [-0.4, -0.2) is 48.4 Å². The lowest BCUT2D eigenvalue weighted by molar-refractivity contribution is 0.0130. The fraction of sp³-hybridized carbons (Fsp3) is 0.562. The molecule has 0 aliphatic carbocycles. The number of rotatable bonds is 2. The summed E-state index contributed by atoms with van der Waals surface area (Å²) in [6, 6.07) is 7.92. The van der Waals surface area contributed by atoms with Gasteiger partial charge in [-0.2, -0.15) is 0 Å². The fourth-order valence-electron chi connectivity index (χ4n) is 3.37. The van der Waals surface area contributed by atoms with Crippen molar-refractivity contribution in [2.75, 3.05) is 32.7 Å². The van der Waals surface area contributed by atoms with Crippen LogP contribution in [0.3, 0.4) is 0 Å². The summed E-state index contributed by atoms with van der Waals surface area (Å²) in [5.74, 6) is 0.201. The van der Waals surface area contributed by atoms with Crippen LogP contribution in [0.15, 0.2) is 24.3 Å². The Balaban J connectivity index is 1.65. The number of hydrogen-bond donors (Lipinski definition) is 0. The maximum Gasteiger partial charge on any atom is 0.253 e. The molecule has 3 nitrogen and oxygen atoms in total. The first-order valence-corrected chi connectivity index (χ1v) is 7.20. The van der Waals surface area contributed by atoms with Gasteiger partial charge < -0.3 is 9.80 Å². The molecule has 3 rings (SSSR count). The van der Waals surface area contributed by atoms with E-state index in [2.05, 4.69) is 11.8 Å². The van der Waals surface area contributed by atoms with Crippen LogP contribution in [0.4, 0.5) is 0 Å². The molecule has 2 fully saturated rings. The van der Waals surface area contributed by atoms with Crippen molar-refractivity contribution in [2.45, 2.75) is 20.3 Å². The quantitative estimate of drug-likeness (QED) is 0.811. The molecule has 3 heteroatoms. The van der Waals surface area contributed by atoms with Crippen LogP contribution in [0.1, 0.15) is 29.3 Å². The number of amides is 1. The van der Waals surface area contributed by atoms with Crippen molar-refractivity contribution in [2.24, 2.45) is 5.41 Å². The third kappa shape index (κ3) is 2.27. The zero-order valence-corrected chi connectivity index (χ0v) is 11.9. The van der Waals surface area contributed by atoms with Crippen LogP contribution in [-0.2, 0) is 0 Å². The van der Waals surface area contributed by atoms with Crippen molar-refractivity contribution in [3.05, 3.63) is 35.4 Å². The topological polar surface area (TPSA) is 23.6 Å². The standard InChI is InChI=1S/C16H22N2O/c1-3-17-10-16(11-17)8-9-18(12-16)15(19)14-6-4-13(2)5-7-14/h4-7H,3,8-12H2,1-2H3. The fourth-order valence-corrected chi connectivity index (χ4v) is 3.37. The molecule has 1 aromatic rings. The molecule has 0 N–H and O–H groups in total. The Kier molecular flexibility index (Phi) is 3.09. The Morgan fingerprint density at radius 2 is 1.89 bits per heavy atom. The second-order valence-electron chi connectivity index (χ2n) is 6.15. The highest BCUT2D eigenvalue weighted by atomic mass is 16.2. The number of carbonyl (C=O) groups is 1. The summed E-state index contributed by atoms with van der Waals surface area (Å²) in [6.07, 6.45) is 1.17. The van der Waals surface area contributed by atoms with Gasteiger partial charge in [-0.1, -0.05) is 24.6 Å². The van der Waals surface area contributed by atoms with Crippen molar-refractivity contribution in [3.63, 3.8) is 0 Å². The van der Waals surface area contributed by atoms with E-state index in [9.17, 15) is 4.79 Å². The maximum absolute atomic E-state index is 12.4. The average Bonchev–Trinajstić information content (AvgIpc) is 2.82. The average molecular weight is 258 g/mol. The maximum atomic E-state index is 12.4. The lowest BCUT2D eigenvalue weighted by Gasteiger charge is -2.47. The third-order valence-corrected chi connectivity index (χ3v) is 4.59. The van der Waals surface area contributed by atoms with Crippen LogP contribution in [0, 0.1) is 12.3 Å². The molecule has 0 aromatic heterocycles. The van der Waals surface area contributed by atoms with Crippen molar-refractivity contribution in [1.29, 1.82) is 0 Å². The number of carbonyl (C=O) groups excluding carboxylic acids is 1. The van der Waals surface area contributed by atoms with E-state index in [0.29, 0.717) is 5.41 Å². The monoisotopic (exact) mass is 258 g/mol. The highest BCUT2D eigenvalue weighted by molar-refractivity contribution is 5.94. The molecule has 0 atom stereocenters. The van der Waals surface area contributed by atoms with Gasteiger partial charge in [0.1, 0.15) is 0 Å². The van der Waals surface area contributed by atoms with Gasteiger partial charge in [0.05, 0.1) is 0 Å². The summed E-state index contributed by atoms with van der Waals surface area (Å²) in [7, 11) is 0. The molecule has 0 bridgehead atoms. The first kappa shape index (κ1) is 12.7. The highest BCUT2D eigenvalue weighted by Crippen LogP contribution is 2.39. The van der Waals surface area contributed by atoms with E-state index in [0.717, 1.165) is 25.2 Å². The Hall–Kier alpha value is -1.35. The molecule has 1 spiro atoms. The van der Waals surface area contributed by atoms with E-state index in [-0.39, 0.29) is 5.91 Å². The smallest absolute Gasteiger partial charge is 0.253 e. The lowest BCUT2D eigenvalue weighted by Crippen LogP contribution is -2.57. The Morgan fingerprint density at radius 3 is 2.53 bits per heavy atom. The van der Waals surface area contributed by atoms with E-state index < -0.39 is 0 Å². The number of benzene rings is 1. The van der Waals surface area contributed by atoms with Crippen molar-refractivity contribution in [3.8, 4) is 0 Å². The first-order valence-electron chi connectivity index (χ1n) is 7.20. The van der Waals surface area contributed by atoms with E-state index in [4.69, 9.17) is 0 Å². The molecule has 2 aliphatic heterocycles. The summed E-state index contributed by atoms with van der Waals surface area (Å²) in [5, 5.41) is 0. The van der Waals surface area contributed by atoms with Gasteiger partial charge in [0.2, 0.25) is 0 Å². The molecule has 2 heterocycles. The van der Waals surface area contributed by atoms with E-state index in [1.807, 2.05) is 36.1 Å². The van der Waals surface area contributed by atoms with Crippen molar-refractivity contribution < 1.29 is 4.79 Å². The summed E-state index contributed by atoms with van der Waals surface area (Å²) >= 11 is 0. The largest absolute Gasteiger partial charge is 0.338 e. The van der Waals surface area contributed by atoms with Gasteiger partial charge in [0, 0.05) is 37.2 Å². The molecule has 19 heavy (non-hydrogen) atoms. The molecule has 2 saturated heterocycles. The van der Waals surface area contributed by atoms with Gasteiger partial charge >= 0.3 is 0 Å². The molecule has 1 aromatic carbocycles. The SMILES string of the molecule is CCN1CC2(CCN(C(=O)c3ccc(C)cc3)C2)C1. The molecule has 2 aliphatic rings. The van der Waals surface area contributed by atoms with Crippen LogP contribution < -0.4 is 0 Å². The van der Waals surface area contributed by atoms with Crippen molar-refractivity contribution in [1.82, 2.24) is 9.80 Å². The van der Waals surface area contributed by atoms with E-state index in [1.165, 1.54) is 25.1 Å². The summed E-state index contributed by atoms with van der Waals surface area (Å²) in [5.41, 5.74) is 2.43. The van der Waals surface area contributed by atoms with Gasteiger partial charge in [-0.15, -0.1) is 0 Å². The van der Waals surface area contributed by atoms with E-state index in [1.54, 1.807) is 0 Å². The molecule has 1 amide bonds. The molecule has 102 valence electrons. The normalized spacial score (nSPS) is 21.7. The third-order valence-electron chi connectivity index (χ3n) is 4.59. The molecule has 0 unspecified atom stereocenters. The van der Waals surface area contributed by atoms with Crippen LogP contribution in [0.25, 0.3) is 0 Å². The lowest BCUT2D eigenvalue weighted by atomic mass is 9.79. The van der Waals surface area contributed by atoms with Gasteiger partial charge in [-0.05, 0) is 32.0 Å². The van der Waals surface area contributed by atoms with Crippen LogP contribution in [0.5, 0.6) is 0 Å². The summed E-state index contributed by atoms with van der Waals surface area (Å²) in [6.45, 7) is 9.58. The minimum atomic E-state index is 0.201. The number of aryl methyl sites for hydroxylation is 1. The van der Waals surface area contributed by atoms with Gasteiger partial charge in [0.25, 0.3) is 5.91 Å². The van der Waals surface area contributed by atoms with Gasteiger partial charge in [-0.3, -0.25) is 4.79 Å². The predicted molar refractivity (Wildman–Crippen MR) is 76.2 cm³/mol. The number of hydrogen-bond acceptors (Lipinski definition) is 2. The second-order valence-corrected chi connectivity index (χ2v) is 6.15. The molecule has 0 radical (unpaired) electrons. The Morgan fingerprint density at radius 1 is 1.21 bits per heavy atom. The molecular weight excluding hydrogens is 236 g/mol. The second kappa shape index (κ2) is 4.64. The van der Waals surface area contributed by atoms with Crippen molar-refractivity contribution >= 4 is 5.91 Å². The Bertz CT molecular complexity index is 474. The minimum Gasteiger partial charge on any atom is -0.338 e. The summed E-state index contributed by atoms with van der Waals surface area (Å²) < 4.78 is 0. The molecule has 0 saturated carbocycles. The Labute approximate surface area is 115 Å². The number of nitrogens with zero attached hydrogens (tertiary/aromatic N) is 2.